The summed E-state index contributed by atoms with van der Waals surface area (Å²) in [4.78, 5) is 24.8. The Labute approximate surface area is 155 Å². The summed E-state index contributed by atoms with van der Waals surface area (Å²) < 4.78 is 27.3. The average Bonchev–Trinajstić information content (AvgIpc) is 3.29. The van der Waals surface area contributed by atoms with Crippen molar-refractivity contribution >= 4 is 38.7 Å². The van der Waals surface area contributed by atoms with Crippen LogP contribution in [-0.2, 0) is 21.2 Å². The Hall–Kier alpha value is -2.03. The standard InChI is InChI=1S/C18H18N2O4S2/c21-17-11-13-10-14(3-4-15(13)19-17)26(23,24)20-7-5-12(6-8-20)18(22)16-2-1-9-25-16/h1-4,9-10,12H,5-8,11H2,(H,19,21). The minimum Gasteiger partial charge on any atom is -0.326 e. The highest BCUT2D eigenvalue weighted by Crippen LogP contribution is 2.30. The number of sulfonamides is 1. The van der Waals surface area contributed by atoms with Gasteiger partial charge in [0, 0.05) is 24.7 Å². The predicted octanol–water partition coefficient (Wildman–Crippen LogP) is 2.53. The number of benzene rings is 1. The van der Waals surface area contributed by atoms with Crippen LogP contribution in [0.2, 0.25) is 0 Å². The zero-order valence-corrected chi connectivity index (χ0v) is 15.6. The zero-order valence-electron chi connectivity index (χ0n) is 14.0. The van der Waals surface area contributed by atoms with Crippen molar-refractivity contribution < 1.29 is 18.0 Å². The van der Waals surface area contributed by atoms with Gasteiger partial charge < -0.3 is 5.32 Å². The first-order valence-electron chi connectivity index (χ1n) is 8.46. The summed E-state index contributed by atoms with van der Waals surface area (Å²) in [6.45, 7) is 0.663. The maximum atomic E-state index is 12.9. The Balaban J connectivity index is 1.48. The third-order valence-electron chi connectivity index (χ3n) is 4.93. The number of amides is 1. The molecule has 0 atom stereocenters. The number of hydrogen-bond donors (Lipinski definition) is 1. The van der Waals surface area contributed by atoms with Crippen molar-refractivity contribution in [3.8, 4) is 0 Å². The fourth-order valence-electron chi connectivity index (χ4n) is 3.49. The van der Waals surface area contributed by atoms with Crippen LogP contribution in [0.25, 0.3) is 0 Å². The molecule has 1 aromatic heterocycles. The maximum absolute atomic E-state index is 12.9. The third-order valence-corrected chi connectivity index (χ3v) is 7.71. The second-order valence-electron chi connectivity index (χ2n) is 6.56. The van der Waals surface area contributed by atoms with Gasteiger partial charge in [0.2, 0.25) is 15.9 Å². The molecular formula is C18H18N2O4S2. The van der Waals surface area contributed by atoms with Gasteiger partial charge in [-0.1, -0.05) is 6.07 Å². The Bertz CT molecular complexity index is 959. The first-order valence-corrected chi connectivity index (χ1v) is 10.8. The van der Waals surface area contributed by atoms with Gasteiger partial charge in [-0.3, -0.25) is 9.59 Å². The molecule has 1 fully saturated rings. The second-order valence-corrected chi connectivity index (χ2v) is 9.45. The number of thiophene rings is 1. The fourth-order valence-corrected chi connectivity index (χ4v) is 5.76. The fraction of sp³-hybridized carbons (Fsp3) is 0.333. The summed E-state index contributed by atoms with van der Waals surface area (Å²) in [5, 5.41) is 4.58. The van der Waals surface area contributed by atoms with E-state index in [1.807, 2.05) is 17.5 Å². The molecule has 2 aliphatic heterocycles. The van der Waals surface area contributed by atoms with Gasteiger partial charge >= 0.3 is 0 Å². The molecule has 8 heteroatoms. The van der Waals surface area contributed by atoms with E-state index in [1.165, 1.54) is 21.7 Å². The normalized spacial score (nSPS) is 18.5. The highest BCUT2D eigenvalue weighted by Gasteiger charge is 2.33. The summed E-state index contributed by atoms with van der Waals surface area (Å²) >= 11 is 1.42. The first kappa shape index (κ1) is 17.4. The monoisotopic (exact) mass is 390 g/mol. The largest absolute Gasteiger partial charge is 0.326 e. The van der Waals surface area contributed by atoms with E-state index in [-0.39, 0.29) is 28.9 Å². The summed E-state index contributed by atoms with van der Waals surface area (Å²) in [5.41, 5.74) is 1.38. The molecule has 6 nitrogen and oxygen atoms in total. The highest BCUT2D eigenvalue weighted by atomic mass is 32.2. The molecule has 0 unspecified atom stereocenters. The van der Waals surface area contributed by atoms with E-state index >= 15 is 0 Å². The Kier molecular flexibility index (Phi) is 4.42. The van der Waals surface area contributed by atoms with Crippen LogP contribution >= 0.6 is 11.3 Å². The SMILES string of the molecule is O=C1Cc2cc(S(=O)(=O)N3CCC(C(=O)c4cccs4)CC3)ccc2N1. The highest BCUT2D eigenvalue weighted by molar-refractivity contribution is 7.89. The number of Topliss-reactive ketones (excluding diaryl/α,β-unsaturated/α-hetero) is 1. The van der Waals surface area contributed by atoms with Crippen LogP contribution in [0, 0.1) is 5.92 Å². The number of fused-ring (bicyclic) bond motifs is 1. The molecule has 2 aromatic rings. The van der Waals surface area contributed by atoms with Gasteiger partial charge in [0.1, 0.15) is 0 Å². The zero-order chi connectivity index (χ0) is 18.3. The van der Waals surface area contributed by atoms with Gasteiger partial charge in [-0.05, 0) is 48.1 Å². The van der Waals surface area contributed by atoms with Gasteiger partial charge in [-0.2, -0.15) is 4.31 Å². The molecule has 4 rings (SSSR count). The number of carbonyl (C=O) groups is 2. The minimum atomic E-state index is -3.62. The lowest BCUT2D eigenvalue weighted by molar-refractivity contribution is -0.115. The number of nitrogens with one attached hydrogen (secondary N) is 1. The molecule has 0 bridgehead atoms. The maximum Gasteiger partial charge on any atom is 0.243 e. The van der Waals surface area contributed by atoms with Gasteiger partial charge in [0.25, 0.3) is 0 Å². The van der Waals surface area contributed by atoms with E-state index in [9.17, 15) is 18.0 Å². The molecule has 3 heterocycles. The van der Waals surface area contributed by atoms with Crippen molar-refractivity contribution in [2.24, 2.45) is 5.92 Å². The topological polar surface area (TPSA) is 83.6 Å². The number of rotatable bonds is 4. The minimum absolute atomic E-state index is 0.110. The molecule has 1 aromatic carbocycles. The molecule has 0 radical (unpaired) electrons. The van der Waals surface area contributed by atoms with Crippen molar-refractivity contribution in [3.05, 3.63) is 46.2 Å². The van der Waals surface area contributed by atoms with Crippen LogP contribution < -0.4 is 5.32 Å². The summed E-state index contributed by atoms with van der Waals surface area (Å²) in [7, 11) is -3.62. The Morgan fingerprint density at radius 1 is 1.19 bits per heavy atom. The second kappa shape index (κ2) is 6.61. The van der Waals surface area contributed by atoms with E-state index in [1.54, 1.807) is 12.1 Å². The lowest BCUT2D eigenvalue weighted by atomic mass is 9.93. The molecule has 0 aliphatic carbocycles. The summed E-state index contributed by atoms with van der Waals surface area (Å²) in [6.07, 6.45) is 1.26. The van der Waals surface area contributed by atoms with Crippen LogP contribution in [0.3, 0.4) is 0 Å². The van der Waals surface area contributed by atoms with E-state index in [0.717, 1.165) is 4.88 Å². The number of hydrogen-bond acceptors (Lipinski definition) is 5. The average molecular weight is 390 g/mol. The van der Waals surface area contributed by atoms with Crippen molar-refractivity contribution in [2.75, 3.05) is 18.4 Å². The molecule has 1 amide bonds. The molecule has 2 aliphatic rings. The van der Waals surface area contributed by atoms with Gasteiger partial charge in [0.05, 0.1) is 16.2 Å². The van der Waals surface area contributed by atoms with E-state index in [0.29, 0.717) is 37.2 Å². The van der Waals surface area contributed by atoms with Gasteiger partial charge in [-0.25, -0.2) is 8.42 Å². The summed E-state index contributed by atoms with van der Waals surface area (Å²) in [6, 6.07) is 8.41. The predicted molar refractivity (Wildman–Crippen MR) is 98.9 cm³/mol. The van der Waals surface area contributed by atoms with Gasteiger partial charge in [-0.15, -0.1) is 11.3 Å². The van der Waals surface area contributed by atoms with Gasteiger partial charge in [0.15, 0.2) is 5.78 Å². The smallest absolute Gasteiger partial charge is 0.243 e. The van der Waals surface area contributed by atoms with Crippen molar-refractivity contribution in [2.45, 2.75) is 24.2 Å². The number of anilines is 1. The molecule has 0 spiro atoms. The third kappa shape index (κ3) is 3.08. The molecule has 136 valence electrons. The van der Waals surface area contributed by atoms with Crippen LogP contribution in [0.5, 0.6) is 0 Å². The molecular weight excluding hydrogens is 372 g/mol. The number of carbonyl (C=O) groups excluding carboxylic acids is 2. The van der Waals surface area contributed by atoms with E-state index in [2.05, 4.69) is 5.32 Å². The number of ketones is 1. The summed E-state index contributed by atoms with van der Waals surface area (Å²) in [5.74, 6) is -0.136. The quantitative estimate of drug-likeness (QED) is 0.813. The van der Waals surface area contributed by atoms with Crippen LogP contribution in [0.15, 0.2) is 40.6 Å². The van der Waals surface area contributed by atoms with E-state index in [4.69, 9.17) is 0 Å². The number of piperidine rings is 1. The van der Waals surface area contributed by atoms with Crippen molar-refractivity contribution in [1.29, 1.82) is 0 Å². The molecule has 26 heavy (non-hydrogen) atoms. The number of nitrogens with zero attached hydrogens (tertiary/aromatic N) is 1. The van der Waals surface area contributed by atoms with Crippen LogP contribution in [-0.4, -0.2) is 37.5 Å². The van der Waals surface area contributed by atoms with Crippen molar-refractivity contribution in [1.82, 2.24) is 4.31 Å². The van der Waals surface area contributed by atoms with Crippen LogP contribution in [0.1, 0.15) is 28.1 Å². The van der Waals surface area contributed by atoms with E-state index < -0.39 is 10.0 Å². The lowest BCUT2D eigenvalue weighted by Crippen LogP contribution is -2.40. The molecule has 1 N–H and O–H groups in total. The Morgan fingerprint density at radius 2 is 1.96 bits per heavy atom. The van der Waals surface area contributed by atoms with Crippen molar-refractivity contribution in [3.63, 3.8) is 0 Å². The lowest BCUT2D eigenvalue weighted by Gasteiger charge is -2.30. The first-order chi connectivity index (χ1) is 12.4. The van der Waals surface area contributed by atoms with Crippen LogP contribution in [0.4, 0.5) is 5.69 Å². The molecule has 0 saturated carbocycles. The molecule has 1 saturated heterocycles. The Morgan fingerprint density at radius 3 is 2.65 bits per heavy atom.